The smallest absolute Gasteiger partial charge is 0.254 e. The summed E-state index contributed by atoms with van der Waals surface area (Å²) >= 11 is 0. The number of amides is 1. The van der Waals surface area contributed by atoms with Crippen molar-refractivity contribution in [2.75, 3.05) is 13.1 Å². The van der Waals surface area contributed by atoms with Gasteiger partial charge in [-0.2, -0.15) is 0 Å². The molecule has 102 valence electrons. The summed E-state index contributed by atoms with van der Waals surface area (Å²) < 4.78 is 0. The number of nitrogens with zero attached hydrogens (tertiary/aromatic N) is 1. The van der Waals surface area contributed by atoms with Crippen molar-refractivity contribution in [3.63, 3.8) is 0 Å². The first-order valence-corrected chi connectivity index (χ1v) is 6.64. The molecule has 0 aromatic heterocycles. The SMILES string of the molecule is CCC1CN(C(=O)c2ccc(C)c(O)c2)CCC1=O. The van der Waals surface area contributed by atoms with Gasteiger partial charge in [0.1, 0.15) is 11.5 Å². The van der Waals surface area contributed by atoms with Gasteiger partial charge in [-0.05, 0) is 31.0 Å². The minimum atomic E-state index is -0.110. The van der Waals surface area contributed by atoms with Crippen LogP contribution in [0.5, 0.6) is 5.75 Å². The third-order valence-corrected chi connectivity index (χ3v) is 3.76. The number of Topliss-reactive ketones (excluding diaryl/α,β-unsaturated/α-hetero) is 1. The number of carbonyl (C=O) groups excluding carboxylic acids is 2. The molecule has 0 spiro atoms. The highest BCUT2D eigenvalue weighted by Gasteiger charge is 2.29. The van der Waals surface area contributed by atoms with E-state index >= 15 is 0 Å². The van der Waals surface area contributed by atoms with E-state index in [1.807, 2.05) is 6.92 Å². The maximum atomic E-state index is 12.3. The Bertz CT molecular complexity index is 510. The van der Waals surface area contributed by atoms with Crippen molar-refractivity contribution in [3.05, 3.63) is 29.3 Å². The second-order valence-corrected chi connectivity index (χ2v) is 5.07. The van der Waals surface area contributed by atoms with E-state index < -0.39 is 0 Å². The van der Waals surface area contributed by atoms with Gasteiger partial charge in [0.2, 0.25) is 0 Å². The molecule has 0 radical (unpaired) electrons. The molecule has 4 heteroatoms. The second kappa shape index (κ2) is 5.43. The molecule has 2 rings (SSSR count). The van der Waals surface area contributed by atoms with Crippen molar-refractivity contribution in [3.8, 4) is 5.75 Å². The number of ketones is 1. The fourth-order valence-corrected chi connectivity index (χ4v) is 2.37. The van der Waals surface area contributed by atoms with Gasteiger partial charge in [-0.1, -0.05) is 13.0 Å². The lowest BCUT2D eigenvalue weighted by atomic mass is 9.93. The first kappa shape index (κ1) is 13.6. The third kappa shape index (κ3) is 2.78. The number of likely N-dealkylation sites (tertiary alicyclic amines) is 1. The van der Waals surface area contributed by atoms with Crippen molar-refractivity contribution < 1.29 is 14.7 Å². The lowest BCUT2D eigenvalue weighted by Gasteiger charge is -2.31. The van der Waals surface area contributed by atoms with Gasteiger partial charge in [-0.3, -0.25) is 9.59 Å². The summed E-state index contributed by atoms with van der Waals surface area (Å²) in [5.74, 6) is 0.224. The molecule has 1 unspecified atom stereocenters. The molecule has 0 aliphatic carbocycles. The van der Waals surface area contributed by atoms with Gasteiger partial charge in [-0.25, -0.2) is 0 Å². The molecule has 0 bridgehead atoms. The number of benzene rings is 1. The van der Waals surface area contributed by atoms with Crippen LogP contribution in [0.4, 0.5) is 0 Å². The summed E-state index contributed by atoms with van der Waals surface area (Å²) in [4.78, 5) is 25.7. The predicted molar refractivity (Wildman–Crippen MR) is 72.2 cm³/mol. The van der Waals surface area contributed by atoms with E-state index in [9.17, 15) is 14.7 Å². The van der Waals surface area contributed by atoms with Crippen LogP contribution in [0, 0.1) is 12.8 Å². The number of aromatic hydroxyl groups is 1. The summed E-state index contributed by atoms with van der Waals surface area (Å²) in [7, 11) is 0. The second-order valence-electron chi connectivity index (χ2n) is 5.07. The highest BCUT2D eigenvalue weighted by Crippen LogP contribution is 2.22. The Balaban J connectivity index is 2.15. The molecule has 1 heterocycles. The van der Waals surface area contributed by atoms with E-state index in [-0.39, 0.29) is 23.4 Å². The van der Waals surface area contributed by atoms with Crippen LogP contribution in [0.2, 0.25) is 0 Å². The maximum Gasteiger partial charge on any atom is 0.254 e. The zero-order valence-corrected chi connectivity index (χ0v) is 11.3. The summed E-state index contributed by atoms with van der Waals surface area (Å²) in [5, 5.41) is 9.66. The molecule has 1 N–H and O–H groups in total. The molecule has 4 nitrogen and oxygen atoms in total. The lowest BCUT2D eigenvalue weighted by molar-refractivity contribution is -0.125. The van der Waals surface area contributed by atoms with Crippen LogP contribution in [0.3, 0.4) is 0 Å². The molecule has 1 atom stereocenters. The molecule has 1 fully saturated rings. The van der Waals surface area contributed by atoms with Gasteiger partial charge in [0, 0.05) is 31.0 Å². The van der Waals surface area contributed by atoms with Crippen LogP contribution in [0.1, 0.15) is 35.7 Å². The number of hydrogen-bond acceptors (Lipinski definition) is 3. The fraction of sp³-hybridized carbons (Fsp3) is 0.467. The van der Waals surface area contributed by atoms with Crippen LogP contribution >= 0.6 is 0 Å². The Morgan fingerprint density at radius 1 is 1.47 bits per heavy atom. The van der Waals surface area contributed by atoms with E-state index in [0.717, 1.165) is 12.0 Å². The van der Waals surface area contributed by atoms with Gasteiger partial charge in [0.05, 0.1) is 0 Å². The minimum Gasteiger partial charge on any atom is -0.508 e. The van der Waals surface area contributed by atoms with Gasteiger partial charge < -0.3 is 10.0 Å². The van der Waals surface area contributed by atoms with Crippen molar-refractivity contribution in [1.82, 2.24) is 4.90 Å². The maximum absolute atomic E-state index is 12.3. The summed E-state index contributed by atoms with van der Waals surface area (Å²) in [6.45, 7) is 4.72. The zero-order valence-electron chi connectivity index (χ0n) is 11.3. The highest BCUT2D eigenvalue weighted by atomic mass is 16.3. The molecular weight excluding hydrogens is 242 g/mol. The first-order chi connectivity index (χ1) is 9.02. The predicted octanol–water partition coefficient (Wildman–Crippen LogP) is 2.14. The lowest BCUT2D eigenvalue weighted by Crippen LogP contribution is -2.43. The average Bonchev–Trinajstić information content (AvgIpc) is 2.41. The van der Waals surface area contributed by atoms with Gasteiger partial charge in [-0.15, -0.1) is 0 Å². The zero-order chi connectivity index (χ0) is 14.0. The molecule has 1 aliphatic heterocycles. The number of phenols is 1. The Kier molecular flexibility index (Phi) is 3.88. The largest absolute Gasteiger partial charge is 0.508 e. The quantitative estimate of drug-likeness (QED) is 0.887. The highest BCUT2D eigenvalue weighted by molar-refractivity contribution is 5.96. The molecule has 1 amide bonds. The molecule has 1 aliphatic rings. The molecule has 1 aromatic rings. The number of hydrogen-bond donors (Lipinski definition) is 1. The number of carbonyl (C=O) groups is 2. The van der Waals surface area contributed by atoms with E-state index in [1.165, 1.54) is 6.07 Å². The summed E-state index contributed by atoms with van der Waals surface area (Å²) in [5.41, 5.74) is 1.23. The first-order valence-electron chi connectivity index (χ1n) is 6.64. The Morgan fingerprint density at radius 2 is 2.21 bits per heavy atom. The van der Waals surface area contributed by atoms with Crippen LogP contribution < -0.4 is 0 Å². The Hall–Kier alpha value is -1.84. The molecular formula is C15H19NO3. The standard InChI is InChI=1S/C15H19NO3/c1-3-11-9-16(7-6-13(11)17)15(19)12-5-4-10(2)14(18)8-12/h4-5,8,11,18H,3,6-7,9H2,1-2H3. The Labute approximate surface area is 113 Å². The van der Waals surface area contributed by atoms with Crippen molar-refractivity contribution in [1.29, 1.82) is 0 Å². The van der Waals surface area contributed by atoms with Crippen LogP contribution in [-0.4, -0.2) is 34.8 Å². The summed E-state index contributed by atoms with van der Waals surface area (Å²) in [6, 6.07) is 4.94. The Morgan fingerprint density at radius 3 is 2.84 bits per heavy atom. The molecule has 0 saturated carbocycles. The van der Waals surface area contributed by atoms with Crippen molar-refractivity contribution in [2.45, 2.75) is 26.7 Å². The van der Waals surface area contributed by atoms with Crippen LogP contribution in [0.25, 0.3) is 0 Å². The average molecular weight is 261 g/mol. The number of aryl methyl sites for hydroxylation is 1. The van der Waals surface area contributed by atoms with Gasteiger partial charge in [0.15, 0.2) is 0 Å². The van der Waals surface area contributed by atoms with Crippen LogP contribution in [-0.2, 0) is 4.79 Å². The van der Waals surface area contributed by atoms with Gasteiger partial charge >= 0.3 is 0 Å². The third-order valence-electron chi connectivity index (χ3n) is 3.76. The number of rotatable bonds is 2. The molecule has 1 aromatic carbocycles. The van der Waals surface area contributed by atoms with E-state index in [2.05, 4.69) is 0 Å². The van der Waals surface area contributed by atoms with Crippen molar-refractivity contribution in [2.24, 2.45) is 5.92 Å². The number of piperidine rings is 1. The van der Waals surface area contributed by atoms with E-state index in [1.54, 1.807) is 24.0 Å². The minimum absolute atomic E-state index is 0.0447. The molecule has 1 saturated heterocycles. The number of phenolic OH excluding ortho intramolecular Hbond substituents is 1. The fourth-order valence-electron chi connectivity index (χ4n) is 2.37. The van der Waals surface area contributed by atoms with Gasteiger partial charge in [0.25, 0.3) is 5.91 Å². The van der Waals surface area contributed by atoms with Crippen LogP contribution in [0.15, 0.2) is 18.2 Å². The van der Waals surface area contributed by atoms with E-state index in [4.69, 9.17) is 0 Å². The van der Waals surface area contributed by atoms with E-state index in [0.29, 0.717) is 25.1 Å². The normalized spacial score (nSPS) is 19.6. The molecule has 19 heavy (non-hydrogen) atoms. The van der Waals surface area contributed by atoms with Crippen molar-refractivity contribution >= 4 is 11.7 Å². The summed E-state index contributed by atoms with van der Waals surface area (Å²) in [6.07, 6.45) is 1.20. The topological polar surface area (TPSA) is 57.6 Å². The monoisotopic (exact) mass is 261 g/mol.